The Kier molecular flexibility index (Phi) is 4.61. The lowest BCUT2D eigenvalue weighted by Gasteiger charge is -2.24. The molecule has 1 fully saturated rings. The molecule has 0 spiro atoms. The molecule has 1 amide bonds. The molecule has 1 aromatic heterocycles. The van der Waals surface area contributed by atoms with Crippen molar-refractivity contribution in [3.63, 3.8) is 0 Å². The van der Waals surface area contributed by atoms with Gasteiger partial charge in [0.2, 0.25) is 0 Å². The predicted octanol–water partition coefficient (Wildman–Crippen LogP) is 3.46. The number of likely N-dealkylation sites (tertiary alicyclic amines) is 1. The number of amides is 1. The number of nitrogens with zero attached hydrogens (tertiary/aromatic N) is 2. The fourth-order valence-electron chi connectivity index (χ4n) is 2.20. The Morgan fingerprint density at radius 3 is 2.86 bits per heavy atom. The largest absolute Gasteiger partial charge is 0.444 e. The smallest absolute Gasteiger partial charge is 0.410 e. The summed E-state index contributed by atoms with van der Waals surface area (Å²) in [5.41, 5.74) is 0.522. The van der Waals surface area contributed by atoms with Gasteiger partial charge in [-0.25, -0.2) is 9.78 Å². The molecule has 0 radical (unpaired) electrons. The zero-order valence-electron chi connectivity index (χ0n) is 12.9. The van der Waals surface area contributed by atoms with Crippen molar-refractivity contribution >= 4 is 23.5 Å². The first-order valence-corrected chi connectivity index (χ1v) is 7.49. The minimum atomic E-state index is -0.461. The van der Waals surface area contributed by atoms with Crippen molar-refractivity contribution in [2.75, 3.05) is 18.4 Å². The highest BCUT2D eigenvalue weighted by atomic mass is 35.5. The van der Waals surface area contributed by atoms with Crippen LogP contribution in [0.1, 0.15) is 32.8 Å². The van der Waals surface area contributed by atoms with Crippen LogP contribution in [0.3, 0.4) is 0 Å². The van der Waals surface area contributed by atoms with Gasteiger partial charge in [-0.15, -0.1) is 0 Å². The van der Waals surface area contributed by atoms with E-state index in [2.05, 4.69) is 10.3 Å². The molecule has 0 aromatic carbocycles. The molecule has 2 heterocycles. The monoisotopic (exact) mass is 311 g/mol. The van der Waals surface area contributed by atoms with Crippen molar-refractivity contribution in [2.45, 2.75) is 45.8 Å². The van der Waals surface area contributed by atoms with E-state index >= 15 is 0 Å². The van der Waals surface area contributed by atoms with Crippen LogP contribution in [0.25, 0.3) is 0 Å². The van der Waals surface area contributed by atoms with Gasteiger partial charge in [-0.2, -0.15) is 0 Å². The molecule has 0 saturated carbocycles. The van der Waals surface area contributed by atoms with E-state index in [1.807, 2.05) is 33.8 Å². The summed E-state index contributed by atoms with van der Waals surface area (Å²) in [7, 11) is 0. The van der Waals surface area contributed by atoms with Crippen LogP contribution in [-0.2, 0) is 4.74 Å². The van der Waals surface area contributed by atoms with Gasteiger partial charge in [0.15, 0.2) is 0 Å². The Hall–Kier alpha value is -1.49. The number of nitrogens with one attached hydrogen (secondary N) is 1. The summed E-state index contributed by atoms with van der Waals surface area (Å²) >= 11 is 5.96. The summed E-state index contributed by atoms with van der Waals surface area (Å²) in [6, 6.07) is 2.10. The van der Waals surface area contributed by atoms with Crippen molar-refractivity contribution in [2.24, 2.45) is 0 Å². The van der Waals surface area contributed by atoms with E-state index < -0.39 is 5.60 Å². The third-order valence-electron chi connectivity index (χ3n) is 3.24. The summed E-state index contributed by atoms with van der Waals surface area (Å²) in [5.74, 6) is 0.785. The number of halogens is 1. The average Bonchev–Trinajstić information content (AvgIpc) is 2.80. The first kappa shape index (κ1) is 15.9. The van der Waals surface area contributed by atoms with Crippen molar-refractivity contribution in [3.05, 3.63) is 22.8 Å². The summed E-state index contributed by atoms with van der Waals surface area (Å²) < 4.78 is 5.38. The van der Waals surface area contributed by atoms with Gasteiger partial charge in [0, 0.05) is 25.3 Å². The molecule has 5 nitrogen and oxygen atoms in total. The van der Waals surface area contributed by atoms with Crippen molar-refractivity contribution in [1.82, 2.24) is 9.88 Å². The van der Waals surface area contributed by atoms with Crippen molar-refractivity contribution in [1.29, 1.82) is 0 Å². The Labute approximate surface area is 130 Å². The third-order valence-corrected chi connectivity index (χ3v) is 3.63. The van der Waals surface area contributed by atoms with Crippen LogP contribution in [0, 0.1) is 6.92 Å². The van der Waals surface area contributed by atoms with Crippen LogP contribution in [0.2, 0.25) is 5.02 Å². The highest BCUT2D eigenvalue weighted by molar-refractivity contribution is 6.31. The lowest BCUT2D eigenvalue weighted by molar-refractivity contribution is 0.0293. The maximum absolute atomic E-state index is 12.0. The number of rotatable bonds is 2. The quantitative estimate of drug-likeness (QED) is 0.908. The first-order chi connectivity index (χ1) is 9.74. The van der Waals surface area contributed by atoms with E-state index in [0.717, 1.165) is 17.8 Å². The zero-order chi connectivity index (χ0) is 15.6. The molecule has 1 N–H and O–H groups in total. The lowest BCUT2D eigenvalue weighted by atomic mass is 10.2. The van der Waals surface area contributed by atoms with E-state index in [1.54, 1.807) is 11.1 Å². The van der Waals surface area contributed by atoms with Crippen molar-refractivity contribution in [3.8, 4) is 0 Å². The van der Waals surface area contributed by atoms with E-state index in [4.69, 9.17) is 16.3 Å². The number of carbonyl (C=O) groups is 1. The van der Waals surface area contributed by atoms with E-state index in [9.17, 15) is 4.79 Å². The molecule has 0 aliphatic carbocycles. The molecule has 1 aliphatic rings. The summed E-state index contributed by atoms with van der Waals surface area (Å²) in [5, 5.41) is 3.99. The maximum atomic E-state index is 12.0. The van der Waals surface area contributed by atoms with Crippen LogP contribution < -0.4 is 5.32 Å². The number of ether oxygens (including phenoxy) is 1. The highest BCUT2D eigenvalue weighted by Crippen LogP contribution is 2.20. The number of hydrogen-bond donors (Lipinski definition) is 1. The molecule has 6 heteroatoms. The third kappa shape index (κ3) is 4.49. The van der Waals surface area contributed by atoms with Gasteiger partial charge < -0.3 is 15.0 Å². The SMILES string of the molecule is Cc1cc(N[C@@H]2CCN(C(=O)OC(C)(C)C)C2)ncc1Cl. The number of anilines is 1. The molecule has 1 atom stereocenters. The maximum Gasteiger partial charge on any atom is 0.410 e. The van der Waals surface area contributed by atoms with Crippen LogP contribution in [0.15, 0.2) is 12.3 Å². The molecule has 116 valence electrons. The number of pyridine rings is 1. The minimum Gasteiger partial charge on any atom is -0.444 e. The number of aromatic nitrogens is 1. The van der Waals surface area contributed by atoms with Gasteiger partial charge in [0.1, 0.15) is 11.4 Å². The average molecular weight is 312 g/mol. The van der Waals surface area contributed by atoms with E-state index in [-0.39, 0.29) is 12.1 Å². The fourth-order valence-corrected chi connectivity index (χ4v) is 2.30. The Morgan fingerprint density at radius 2 is 2.24 bits per heavy atom. The van der Waals surface area contributed by atoms with Gasteiger partial charge in [0.25, 0.3) is 0 Å². The van der Waals surface area contributed by atoms with Crippen molar-refractivity contribution < 1.29 is 9.53 Å². The zero-order valence-corrected chi connectivity index (χ0v) is 13.7. The second-order valence-corrected chi connectivity index (χ2v) is 6.78. The van der Waals surface area contributed by atoms with Gasteiger partial charge in [-0.05, 0) is 45.7 Å². The van der Waals surface area contributed by atoms with Crippen LogP contribution in [0.5, 0.6) is 0 Å². The Bertz CT molecular complexity index is 528. The molecule has 1 saturated heterocycles. The number of hydrogen-bond acceptors (Lipinski definition) is 4. The molecule has 2 rings (SSSR count). The second kappa shape index (κ2) is 6.10. The normalized spacial score (nSPS) is 18.7. The predicted molar refractivity (Wildman–Crippen MR) is 83.8 cm³/mol. The van der Waals surface area contributed by atoms with Gasteiger partial charge >= 0.3 is 6.09 Å². The molecular weight excluding hydrogens is 290 g/mol. The molecule has 0 bridgehead atoms. The lowest BCUT2D eigenvalue weighted by Crippen LogP contribution is -2.36. The van der Waals surface area contributed by atoms with Gasteiger partial charge in [0.05, 0.1) is 5.02 Å². The van der Waals surface area contributed by atoms with Gasteiger partial charge in [-0.1, -0.05) is 11.6 Å². The van der Waals surface area contributed by atoms with Crippen LogP contribution >= 0.6 is 11.6 Å². The minimum absolute atomic E-state index is 0.186. The Morgan fingerprint density at radius 1 is 1.52 bits per heavy atom. The molecule has 1 aromatic rings. The van der Waals surface area contributed by atoms with Crippen LogP contribution in [-0.4, -0.2) is 40.7 Å². The highest BCUT2D eigenvalue weighted by Gasteiger charge is 2.29. The summed E-state index contributed by atoms with van der Waals surface area (Å²) in [6.07, 6.45) is 2.26. The number of aryl methyl sites for hydroxylation is 1. The first-order valence-electron chi connectivity index (χ1n) is 7.11. The fraction of sp³-hybridized carbons (Fsp3) is 0.600. The number of carbonyl (C=O) groups excluding carboxylic acids is 1. The van der Waals surface area contributed by atoms with E-state index in [0.29, 0.717) is 18.1 Å². The summed E-state index contributed by atoms with van der Waals surface area (Å²) in [4.78, 5) is 18.0. The van der Waals surface area contributed by atoms with Crippen LogP contribution in [0.4, 0.5) is 10.6 Å². The molecular formula is C15H22ClN3O2. The molecule has 0 unspecified atom stereocenters. The Balaban J connectivity index is 1.90. The second-order valence-electron chi connectivity index (χ2n) is 6.38. The van der Waals surface area contributed by atoms with Gasteiger partial charge in [-0.3, -0.25) is 0 Å². The molecule has 21 heavy (non-hydrogen) atoms. The standard InChI is InChI=1S/C15H22ClN3O2/c1-10-7-13(17-8-12(10)16)18-11-5-6-19(9-11)14(20)21-15(2,3)4/h7-8,11H,5-6,9H2,1-4H3,(H,17,18)/t11-/m1/s1. The molecule has 1 aliphatic heterocycles. The van der Waals surface area contributed by atoms with E-state index in [1.165, 1.54) is 0 Å². The summed E-state index contributed by atoms with van der Waals surface area (Å²) in [6.45, 7) is 8.87. The topological polar surface area (TPSA) is 54.5 Å².